The third-order valence-electron chi connectivity index (χ3n) is 1.29. The highest BCUT2D eigenvalue weighted by atomic mass is 32.2. The van der Waals surface area contributed by atoms with E-state index < -0.39 is 24.0 Å². The fourth-order valence-corrected chi connectivity index (χ4v) is 1.45. The molecule has 0 fully saturated rings. The summed E-state index contributed by atoms with van der Waals surface area (Å²) in [5.74, 6) is -2.10. The Balaban J connectivity index is 3.68. The predicted molar refractivity (Wildman–Crippen MR) is 55.4 cm³/mol. The Labute approximate surface area is 96.3 Å². The molecule has 0 radical (unpaired) electrons. The van der Waals surface area contributed by atoms with Gasteiger partial charge in [0.05, 0.1) is 19.8 Å². The molecule has 0 spiro atoms. The van der Waals surface area contributed by atoms with Crippen molar-refractivity contribution in [1.29, 1.82) is 0 Å². The molecule has 0 aliphatic heterocycles. The molecule has 7 nitrogen and oxygen atoms in total. The highest BCUT2D eigenvalue weighted by Crippen LogP contribution is 2.12. The highest BCUT2D eigenvalue weighted by molar-refractivity contribution is 8.00. The second kappa shape index (κ2) is 9.40. The van der Waals surface area contributed by atoms with Crippen LogP contribution in [0.3, 0.4) is 0 Å². The molecule has 0 aliphatic carbocycles. The SMILES string of the molecule is O=C(O)COC(SCCOCCO)C(=O)O. The van der Waals surface area contributed by atoms with Crippen LogP contribution in [-0.2, 0) is 19.1 Å². The van der Waals surface area contributed by atoms with Gasteiger partial charge in [0.25, 0.3) is 0 Å². The van der Waals surface area contributed by atoms with Gasteiger partial charge in [-0.05, 0) is 0 Å². The molecule has 0 aliphatic rings. The standard InChI is InChI=1S/C8H14O7S/c9-1-2-14-3-4-16-8(7(12)13)15-5-6(10)11/h8-9H,1-5H2,(H,10,11)(H,12,13). The first kappa shape index (κ1) is 15.2. The Morgan fingerprint density at radius 2 is 1.94 bits per heavy atom. The summed E-state index contributed by atoms with van der Waals surface area (Å²) < 4.78 is 9.53. The number of carbonyl (C=O) groups is 2. The number of aliphatic hydroxyl groups is 1. The molecule has 0 aromatic heterocycles. The van der Waals surface area contributed by atoms with Crippen molar-refractivity contribution in [1.82, 2.24) is 0 Å². The molecule has 94 valence electrons. The van der Waals surface area contributed by atoms with Gasteiger partial charge in [-0.1, -0.05) is 0 Å². The van der Waals surface area contributed by atoms with E-state index in [9.17, 15) is 9.59 Å². The third-order valence-corrected chi connectivity index (χ3v) is 2.34. The lowest BCUT2D eigenvalue weighted by molar-refractivity contribution is -0.150. The summed E-state index contributed by atoms with van der Waals surface area (Å²) in [4.78, 5) is 20.8. The molecular formula is C8H14O7S. The van der Waals surface area contributed by atoms with E-state index in [1.807, 2.05) is 0 Å². The summed E-state index contributed by atoms with van der Waals surface area (Å²) in [6, 6.07) is 0. The minimum absolute atomic E-state index is 0.0947. The van der Waals surface area contributed by atoms with Crippen LogP contribution in [0.5, 0.6) is 0 Å². The van der Waals surface area contributed by atoms with Crippen molar-refractivity contribution in [2.45, 2.75) is 5.44 Å². The predicted octanol–water partition coefficient (Wildman–Crippen LogP) is -0.760. The summed E-state index contributed by atoms with van der Waals surface area (Å²) in [5.41, 5.74) is -1.21. The summed E-state index contributed by atoms with van der Waals surface area (Å²) in [5, 5.41) is 25.4. The van der Waals surface area contributed by atoms with Crippen LogP contribution in [0.2, 0.25) is 0 Å². The number of aliphatic carboxylic acids is 2. The largest absolute Gasteiger partial charge is 0.480 e. The normalized spacial score (nSPS) is 12.3. The van der Waals surface area contributed by atoms with Crippen molar-refractivity contribution >= 4 is 23.7 Å². The van der Waals surface area contributed by atoms with Crippen LogP contribution in [-0.4, -0.2) is 64.9 Å². The van der Waals surface area contributed by atoms with E-state index >= 15 is 0 Å². The Morgan fingerprint density at radius 1 is 1.25 bits per heavy atom. The van der Waals surface area contributed by atoms with Crippen molar-refractivity contribution in [3.8, 4) is 0 Å². The van der Waals surface area contributed by atoms with Crippen LogP contribution >= 0.6 is 11.8 Å². The number of carboxylic acids is 2. The molecule has 0 bridgehead atoms. The molecule has 0 amide bonds. The van der Waals surface area contributed by atoms with Crippen molar-refractivity contribution in [2.75, 3.05) is 32.2 Å². The summed E-state index contributed by atoms with van der Waals surface area (Å²) >= 11 is 0.930. The second-order valence-electron chi connectivity index (χ2n) is 2.58. The van der Waals surface area contributed by atoms with Gasteiger partial charge in [0.1, 0.15) is 6.61 Å². The average molecular weight is 254 g/mol. The van der Waals surface area contributed by atoms with Gasteiger partial charge in [0.15, 0.2) is 0 Å². The number of hydrogen-bond donors (Lipinski definition) is 3. The van der Waals surface area contributed by atoms with E-state index in [0.717, 1.165) is 11.8 Å². The monoisotopic (exact) mass is 254 g/mol. The van der Waals surface area contributed by atoms with E-state index in [1.54, 1.807) is 0 Å². The average Bonchev–Trinajstić information content (AvgIpc) is 2.21. The summed E-state index contributed by atoms with van der Waals surface area (Å²) in [6.07, 6.45) is 0. The topological polar surface area (TPSA) is 113 Å². The number of aliphatic hydroxyl groups excluding tert-OH is 1. The fraction of sp³-hybridized carbons (Fsp3) is 0.750. The number of ether oxygens (including phenoxy) is 2. The lowest BCUT2D eigenvalue weighted by Crippen LogP contribution is -2.24. The maximum Gasteiger partial charge on any atom is 0.343 e. The van der Waals surface area contributed by atoms with Gasteiger partial charge in [-0.15, -0.1) is 11.8 Å². The molecule has 1 unspecified atom stereocenters. The smallest absolute Gasteiger partial charge is 0.343 e. The van der Waals surface area contributed by atoms with Gasteiger partial charge < -0.3 is 24.8 Å². The Hall–Kier alpha value is -0.830. The third kappa shape index (κ3) is 8.48. The molecule has 0 saturated heterocycles. The van der Waals surface area contributed by atoms with Crippen LogP contribution < -0.4 is 0 Å². The molecule has 0 aromatic carbocycles. The molecule has 0 saturated carbocycles. The Kier molecular flexibility index (Phi) is 8.91. The number of carboxylic acid groups (broad SMARTS) is 2. The first-order valence-electron chi connectivity index (χ1n) is 4.44. The van der Waals surface area contributed by atoms with E-state index in [2.05, 4.69) is 4.74 Å². The van der Waals surface area contributed by atoms with E-state index in [4.69, 9.17) is 20.1 Å². The van der Waals surface area contributed by atoms with Gasteiger partial charge in [-0.2, -0.15) is 0 Å². The molecule has 0 rings (SSSR count). The molecule has 16 heavy (non-hydrogen) atoms. The molecule has 0 aromatic rings. The summed E-state index contributed by atoms with van der Waals surface area (Å²) in [6.45, 7) is -0.288. The number of hydrogen-bond acceptors (Lipinski definition) is 6. The molecule has 3 N–H and O–H groups in total. The first-order chi connectivity index (χ1) is 7.57. The zero-order valence-electron chi connectivity index (χ0n) is 8.50. The van der Waals surface area contributed by atoms with E-state index in [-0.39, 0.29) is 19.8 Å². The molecule has 0 heterocycles. The number of thioether (sulfide) groups is 1. The lowest BCUT2D eigenvalue weighted by atomic mass is 10.7. The van der Waals surface area contributed by atoms with Crippen LogP contribution in [0.15, 0.2) is 0 Å². The van der Waals surface area contributed by atoms with Gasteiger partial charge >= 0.3 is 11.9 Å². The van der Waals surface area contributed by atoms with Crippen LogP contribution in [0.1, 0.15) is 0 Å². The maximum absolute atomic E-state index is 10.6. The van der Waals surface area contributed by atoms with Gasteiger partial charge in [-0.25, -0.2) is 9.59 Å². The van der Waals surface area contributed by atoms with Gasteiger partial charge in [-0.3, -0.25) is 0 Å². The first-order valence-corrected chi connectivity index (χ1v) is 5.49. The second-order valence-corrected chi connectivity index (χ2v) is 3.75. The zero-order chi connectivity index (χ0) is 12.4. The highest BCUT2D eigenvalue weighted by Gasteiger charge is 2.19. The lowest BCUT2D eigenvalue weighted by Gasteiger charge is -2.11. The van der Waals surface area contributed by atoms with Gasteiger partial charge in [0, 0.05) is 5.75 Å². The minimum Gasteiger partial charge on any atom is -0.480 e. The van der Waals surface area contributed by atoms with Crippen molar-refractivity contribution < 1.29 is 34.4 Å². The maximum atomic E-state index is 10.6. The minimum atomic E-state index is -1.23. The van der Waals surface area contributed by atoms with Crippen molar-refractivity contribution in [3.05, 3.63) is 0 Å². The van der Waals surface area contributed by atoms with E-state index in [0.29, 0.717) is 5.75 Å². The molecule has 8 heteroatoms. The fourth-order valence-electron chi connectivity index (χ4n) is 0.718. The van der Waals surface area contributed by atoms with Crippen LogP contribution in [0, 0.1) is 0 Å². The van der Waals surface area contributed by atoms with Crippen molar-refractivity contribution in [2.24, 2.45) is 0 Å². The molecular weight excluding hydrogens is 240 g/mol. The van der Waals surface area contributed by atoms with Crippen molar-refractivity contribution in [3.63, 3.8) is 0 Å². The van der Waals surface area contributed by atoms with Gasteiger partial charge in [0.2, 0.25) is 5.44 Å². The van der Waals surface area contributed by atoms with Crippen LogP contribution in [0.4, 0.5) is 0 Å². The van der Waals surface area contributed by atoms with Crippen LogP contribution in [0.25, 0.3) is 0 Å². The number of rotatable bonds is 10. The Morgan fingerprint density at radius 3 is 2.44 bits per heavy atom. The Bertz CT molecular complexity index is 220. The molecule has 1 atom stereocenters. The summed E-state index contributed by atoms with van der Waals surface area (Å²) in [7, 11) is 0. The quantitative estimate of drug-likeness (QED) is 0.344. The zero-order valence-corrected chi connectivity index (χ0v) is 9.31. The van der Waals surface area contributed by atoms with E-state index in [1.165, 1.54) is 0 Å².